The Morgan fingerprint density at radius 1 is 1.50 bits per heavy atom. The quantitative estimate of drug-likeness (QED) is 0.533. The third kappa shape index (κ3) is 7.52. The first-order valence-electron chi connectivity index (χ1n) is 4.77. The molecule has 0 spiro atoms. The average molecular weight is 168 g/mol. The topological polar surface area (TPSA) is 17.1 Å². The summed E-state index contributed by atoms with van der Waals surface area (Å²) in [7, 11) is 0. The lowest BCUT2D eigenvalue weighted by Crippen LogP contribution is -1.96. The van der Waals surface area contributed by atoms with Gasteiger partial charge in [0.15, 0.2) is 0 Å². The Labute approximate surface area is 75.9 Å². The summed E-state index contributed by atoms with van der Waals surface area (Å²) in [5, 5.41) is 0. The van der Waals surface area contributed by atoms with Crippen molar-refractivity contribution in [3.8, 4) is 0 Å². The number of hydrogen-bond donors (Lipinski definition) is 0. The molecule has 0 radical (unpaired) electrons. The van der Waals surface area contributed by atoms with E-state index in [4.69, 9.17) is 0 Å². The molecule has 0 fully saturated rings. The second-order valence-electron chi connectivity index (χ2n) is 3.57. The van der Waals surface area contributed by atoms with Crippen LogP contribution in [0.1, 0.15) is 46.0 Å². The summed E-state index contributed by atoms with van der Waals surface area (Å²) in [5.41, 5.74) is 0. The molecule has 0 aliphatic rings. The zero-order valence-electron chi connectivity index (χ0n) is 8.31. The summed E-state index contributed by atoms with van der Waals surface area (Å²) in [6.07, 6.45) is 7.24. The van der Waals surface area contributed by atoms with Crippen LogP contribution in [0.5, 0.6) is 0 Å². The molecule has 1 nitrogen and oxygen atoms in total. The molecule has 1 heteroatoms. The number of Topliss-reactive ketones (excluding diaryl/α,β-unsaturated/α-hetero) is 1. The molecule has 1 atom stereocenters. The van der Waals surface area contributed by atoms with Crippen molar-refractivity contribution >= 4 is 5.78 Å². The lowest BCUT2D eigenvalue weighted by atomic mass is 9.98. The van der Waals surface area contributed by atoms with Crippen LogP contribution in [-0.4, -0.2) is 5.78 Å². The van der Waals surface area contributed by atoms with E-state index in [2.05, 4.69) is 13.5 Å². The fourth-order valence-electron chi connectivity index (χ4n) is 1.25. The van der Waals surface area contributed by atoms with Crippen LogP contribution in [-0.2, 0) is 4.79 Å². The van der Waals surface area contributed by atoms with Gasteiger partial charge in [-0.2, -0.15) is 0 Å². The first-order chi connectivity index (χ1) is 5.66. The van der Waals surface area contributed by atoms with Gasteiger partial charge in [0.05, 0.1) is 0 Å². The van der Waals surface area contributed by atoms with E-state index in [-0.39, 0.29) is 0 Å². The zero-order chi connectivity index (χ0) is 9.40. The van der Waals surface area contributed by atoms with E-state index in [1.807, 2.05) is 6.08 Å². The van der Waals surface area contributed by atoms with Gasteiger partial charge in [0.25, 0.3) is 0 Å². The highest BCUT2D eigenvalue weighted by Gasteiger charge is 2.01. The van der Waals surface area contributed by atoms with Crippen molar-refractivity contribution in [1.82, 2.24) is 0 Å². The maximum absolute atomic E-state index is 10.6. The first-order valence-corrected chi connectivity index (χ1v) is 4.77. The van der Waals surface area contributed by atoms with E-state index in [1.165, 1.54) is 12.8 Å². The number of ketones is 1. The number of allylic oxidation sites excluding steroid dienone is 1. The first kappa shape index (κ1) is 11.4. The van der Waals surface area contributed by atoms with Crippen LogP contribution in [0.15, 0.2) is 12.7 Å². The van der Waals surface area contributed by atoms with Gasteiger partial charge >= 0.3 is 0 Å². The molecule has 0 rings (SSSR count). The summed E-state index contributed by atoms with van der Waals surface area (Å²) >= 11 is 0. The lowest BCUT2D eigenvalue weighted by Gasteiger charge is -2.07. The Balaban J connectivity index is 3.24. The molecule has 0 heterocycles. The Hall–Kier alpha value is -0.590. The van der Waals surface area contributed by atoms with Crippen LogP contribution in [0.3, 0.4) is 0 Å². The number of carbonyl (C=O) groups is 1. The fourth-order valence-corrected chi connectivity index (χ4v) is 1.25. The smallest absolute Gasteiger partial charge is 0.129 e. The van der Waals surface area contributed by atoms with Crippen molar-refractivity contribution in [2.75, 3.05) is 0 Å². The van der Waals surface area contributed by atoms with Crippen molar-refractivity contribution in [2.45, 2.75) is 46.0 Å². The monoisotopic (exact) mass is 168 g/mol. The molecule has 0 bridgehead atoms. The lowest BCUT2D eigenvalue weighted by molar-refractivity contribution is -0.117. The average Bonchev–Trinajstić information content (AvgIpc) is 2.00. The second-order valence-corrected chi connectivity index (χ2v) is 3.57. The van der Waals surface area contributed by atoms with Crippen molar-refractivity contribution in [3.05, 3.63) is 12.7 Å². The molecule has 0 aromatic heterocycles. The summed E-state index contributed by atoms with van der Waals surface area (Å²) in [5.74, 6) is 1.05. The highest BCUT2D eigenvalue weighted by Crippen LogP contribution is 2.13. The highest BCUT2D eigenvalue weighted by atomic mass is 16.1. The maximum Gasteiger partial charge on any atom is 0.129 e. The number of hydrogen-bond acceptors (Lipinski definition) is 1. The minimum absolute atomic E-state index is 0.311. The van der Waals surface area contributed by atoms with E-state index in [9.17, 15) is 4.79 Å². The number of carbonyl (C=O) groups excluding carboxylic acids is 1. The zero-order valence-corrected chi connectivity index (χ0v) is 8.31. The standard InChI is InChI=1S/C11H20O/c1-4-5-7-10(2)8-6-9-11(3)12/h4,10H,1,5-9H2,2-3H3/t10-/m1/s1. The molecule has 0 aromatic rings. The van der Waals surface area contributed by atoms with Crippen molar-refractivity contribution in [1.29, 1.82) is 0 Å². The SMILES string of the molecule is C=CCC[C@@H](C)CCCC(C)=O. The molecular formula is C11H20O. The van der Waals surface area contributed by atoms with Crippen LogP contribution in [0.25, 0.3) is 0 Å². The van der Waals surface area contributed by atoms with Crippen molar-refractivity contribution in [3.63, 3.8) is 0 Å². The fraction of sp³-hybridized carbons (Fsp3) is 0.727. The van der Waals surface area contributed by atoms with Crippen molar-refractivity contribution in [2.24, 2.45) is 5.92 Å². The largest absolute Gasteiger partial charge is 0.300 e. The van der Waals surface area contributed by atoms with E-state index in [1.54, 1.807) is 6.92 Å². The molecule has 0 saturated heterocycles. The van der Waals surface area contributed by atoms with Gasteiger partial charge in [-0.15, -0.1) is 6.58 Å². The van der Waals surface area contributed by atoms with Crippen LogP contribution in [0, 0.1) is 5.92 Å². The summed E-state index contributed by atoms with van der Waals surface area (Å²) < 4.78 is 0. The van der Waals surface area contributed by atoms with Gasteiger partial charge in [-0.05, 0) is 32.1 Å². The van der Waals surface area contributed by atoms with E-state index >= 15 is 0 Å². The third-order valence-electron chi connectivity index (χ3n) is 2.09. The Kier molecular flexibility index (Phi) is 6.73. The van der Waals surface area contributed by atoms with Crippen LogP contribution in [0.4, 0.5) is 0 Å². The van der Waals surface area contributed by atoms with Gasteiger partial charge in [-0.3, -0.25) is 0 Å². The molecule has 0 aromatic carbocycles. The minimum Gasteiger partial charge on any atom is -0.300 e. The summed E-state index contributed by atoms with van der Waals surface area (Å²) in [6, 6.07) is 0. The molecule has 0 N–H and O–H groups in total. The molecule has 0 saturated carbocycles. The van der Waals surface area contributed by atoms with E-state index in [0.29, 0.717) is 5.78 Å². The second kappa shape index (κ2) is 7.08. The minimum atomic E-state index is 0.311. The Morgan fingerprint density at radius 3 is 2.67 bits per heavy atom. The van der Waals surface area contributed by atoms with Gasteiger partial charge in [-0.1, -0.05) is 19.4 Å². The summed E-state index contributed by atoms with van der Waals surface area (Å²) in [6.45, 7) is 7.59. The van der Waals surface area contributed by atoms with Crippen LogP contribution in [0.2, 0.25) is 0 Å². The highest BCUT2D eigenvalue weighted by molar-refractivity contribution is 5.75. The third-order valence-corrected chi connectivity index (χ3v) is 2.09. The molecule has 0 aliphatic heterocycles. The van der Waals surface area contributed by atoms with Crippen LogP contribution >= 0.6 is 0 Å². The van der Waals surface area contributed by atoms with E-state index < -0.39 is 0 Å². The normalized spacial score (nSPS) is 12.5. The number of rotatable bonds is 7. The predicted molar refractivity (Wildman–Crippen MR) is 53.1 cm³/mol. The molecular weight excluding hydrogens is 148 g/mol. The van der Waals surface area contributed by atoms with Crippen LogP contribution < -0.4 is 0 Å². The Bertz CT molecular complexity index is 138. The maximum atomic E-state index is 10.6. The molecule has 70 valence electrons. The van der Waals surface area contributed by atoms with E-state index in [0.717, 1.165) is 25.2 Å². The molecule has 12 heavy (non-hydrogen) atoms. The van der Waals surface area contributed by atoms with Gasteiger partial charge < -0.3 is 4.79 Å². The van der Waals surface area contributed by atoms with Gasteiger partial charge in [0.2, 0.25) is 0 Å². The molecule has 0 unspecified atom stereocenters. The Morgan fingerprint density at radius 2 is 2.17 bits per heavy atom. The summed E-state index contributed by atoms with van der Waals surface area (Å²) in [4.78, 5) is 10.6. The molecule has 0 amide bonds. The predicted octanol–water partition coefficient (Wildman–Crippen LogP) is 3.35. The van der Waals surface area contributed by atoms with Gasteiger partial charge in [0.1, 0.15) is 5.78 Å². The molecule has 0 aliphatic carbocycles. The van der Waals surface area contributed by atoms with Crippen molar-refractivity contribution < 1.29 is 4.79 Å². The van der Waals surface area contributed by atoms with Gasteiger partial charge in [-0.25, -0.2) is 0 Å². The van der Waals surface area contributed by atoms with Gasteiger partial charge in [0, 0.05) is 6.42 Å².